The van der Waals surface area contributed by atoms with Crippen molar-refractivity contribution in [1.82, 2.24) is 4.98 Å². The van der Waals surface area contributed by atoms with Crippen molar-refractivity contribution in [2.45, 2.75) is 39.5 Å². The quantitative estimate of drug-likeness (QED) is 0.862. The van der Waals surface area contributed by atoms with Gasteiger partial charge in [-0.15, -0.1) is 11.6 Å². The van der Waals surface area contributed by atoms with E-state index in [1.165, 1.54) is 0 Å². The Labute approximate surface area is 122 Å². The molecule has 1 aliphatic carbocycles. The van der Waals surface area contributed by atoms with Crippen LogP contribution in [0.2, 0.25) is 0 Å². The molecule has 0 radical (unpaired) electrons. The Morgan fingerprint density at radius 1 is 1.35 bits per heavy atom. The van der Waals surface area contributed by atoms with E-state index in [1.54, 1.807) is 0 Å². The Bertz CT molecular complexity index is 691. The summed E-state index contributed by atoms with van der Waals surface area (Å²) in [7, 11) is 0. The van der Waals surface area contributed by atoms with Crippen molar-refractivity contribution in [1.29, 1.82) is 0 Å². The van der Waals surface area contributed by atoms with Crippen LogP contribution < -0.4 is 5.32 Å². The Morgan fingerprint density at radius 3 is 2.85 bits per heavy atom. The molecule has 5 heteroatoms. The van der Waals surface area contributed by atoms with E-state index >= 15 is 0 Å². The minimum Gasteiger partial charge on any atom is -0.443 e. The number of anilines is 1. The van der Waals surface area contributed by atoms with E-state index in [0.29, 0.717) is 5.71 Å². The molecule has 4 nitrogen and oxygen atoms in total. The number of aryl methyl sites for hydroxylation is 3. The number of fused-ring (bicyclic) bond motifs is 2. The minimum atomic E-state index is -0.190. The SMILES string of the molecule is Cc1oc2nc3c(c(NC(=O)CCl)c2c1C)CCCC3. The second kappa shape index (κ2) is 5.09. The van der Waals surface area contributed by atoms with Gasteiger partial charge in [0.1, 0.15) is 11.6 Å². The standard InChI is InChI=1S/C15H17ClN2O2/c1-8-9(2)20-15-13(8)14(18-12(19)7-16)10-5-3-4-6-11(10)17-15/h3-7H2,1-2H3,(H,17,18,19). The number of furan rings is 1. The Kier molecular flexibility index (Phi) is 3.42. The number of amides is 1. The lowest BCUT2D eigenvalue weighted by Crippen LogP contribution is -2.17. The molecule has 1 aliphatic rings. The molecule has 0 saturated carbocycles. The molecule has 0 unspecified atom stereocenters. The Balaban J connectivity index is 2.27. The molecule has 0 spiro atoms. The molecular formula is C15H17ClN2O2. The molecule has 2 aromatic rings. The lowest BCUT2D eigenvalue weighted by molar-refractivity contribution is -0.113. The van der Waals surface area contributed by atoms with Crippen molar-refractivity contribution in [2.24, 2.45) is 0 Å². The molecule has 0 aliphatic heterocycles. The summed E-state index contributed by atoms with van der Waals surface area (Å²) >= 11 is 5.63. The molecular weight excluding hydrogens is 276 g/mol. The minimum absolute atomic E-state index is 0.0472. The van der Waals surface area contributed by atoms with Crippen molar-refractivity contribution >= 4 is 34.3 Å². The van der Waals surface area contributed by atoms with Crippen LogP contribution in [0, 0.1) is 13.8 Å². The number of rotatable bonds is 2. The molecule has 0 atom stereocenters. The largest absolute Gasteiger partial charge is 0.443 e. The third kappa shape index (κ3) is 2.08. The van der Waals surface area contributed by atoms with Crippen LogP contribution >= 0.6 is 11.6 Å². The smallest absolute Gasteiger partial charge is 0.239 e. The molecule has 0 bridgehead atoms. The van der Waals surface area contributed by atoms with Gasteiger partial charge < -0.3 is 9.73 Å². The summed E-state index contributed by atoms with van der Waals surface area (Å²) in [6.07, 6.45) is 4.14. The summed E-state index contributed by atoms with van der Waals surface area (Å²) in [5.41, 5.74) is 4.69. The lowest BCUT2D eigenvalue weighted by Gasteiger charge is -2.19. The lowest BCUT2D eigenvalue weighted by atomic mass is 9.93. The van der Waals surface area contributed by atoms with Gasteiger partial charge in [-0.1, -0.05) is 0 Å². The highest BCUT2D eigenvalue weighted by Crippen LogP contribution is 2.37. The van der Waals surface area contributed by atoms with Gasteiger partial charge >= 0.3 is 0 Å². The zero-order chi connectivity index (χ0) is 14.3. The maximum Gasteiger partial charge on any atom is 0.239 e. The summed E-state index contributed by atoms with van der Waals surface area (Å²) in [5, 5.41) is 3.86. The van der Waals surface area contributed by atoms with Gasteiger partial charge in [-0.25, -0.2) is 4.98 Å². The zero-order valence-corrected chi connectivity index (χ0v) is 12.4. The summed E-state index contributed by atoms with van der Waals surface area (Å²) in [5.74, 6) is 0.607. The molecule has 2 aromatic heterocycles. The fraction of sp³-hybridized carbons (Fsp3) is 0.467. The first-order chi connectivity index (χ1) is 9.61. The van der Waals surface area contributed by atoms with Gasteiger partial charge in [-0.3, -0.25) is 4.79 Å². The molecule has 20 heavy (non-hydrogen) atoms. The van der Waals surface area contributed by atoms with Crippen molar-refractivity contribution < 1.29 is 9.21 Å². The van der Waals surface area contributed by atoms with Gasteiger partial charge in [-0.05, 0) is 45.1 Å². The third-order valence-corrected chi connectivity index (χ3v) is 4.22. The van der Waals surface area contributed by atoms with Gasteiger partial charge in [0.25, 0.3) is 0 Å². The van der Waals surface area contributed by atoms with Crippen molar-refractivity contribution in [3.05, 3.63) is 22.6 Å². The van der Waals surface area contributed by atoms with Crippen LogP contribution in [0.5, 0.6) is 0 Å². The highest BCUT2D eigenvalue weighted by atomic mass is 35.5. The van der Waals surface area contributed by atoms with Crippen LogP contribution in [0.3, 0.4) is 0 Å². The van der Waals surface area contributed by atoms with Crippen LogP contribution in [0.15, 0.2) is 4.42 Å². The number of halogens is 1. The van der Waals surface area contributed by atoms with Crippen molar-refractivity contribution in [3.8, 4) is 0 Å². The van der Waals surface area contributed by atoms with Gasteiger partial charge in [-0.2, -0.15) is 0 Å². The molecule has 0 saturated heterocycles. The average molecular weight is 293 g/mol. The maximum atomic E-state index is 11.7. The zero-order valence-electron chi connectivity index (χ0n) is 11.7. The summed E-state index contributed by atoms with van der Waals surface area (Å²) in [6, 6.07) is 0. The van der Waals surface area contributed by atoms with Crippen LogP contribution in [0.4, 0.5) is 5.69 Å². The van der Waals surface area contributed by atoms with E-state index in [4.69, 9.17) is 16.0 Å². The Hall–Kier alpha value is -1.55. The second-order valence-corrected chi connectivity index (χ2v) is 5.53. The van der Waals surface area contributed by atoms with E-state index < -0.39 is 0 Å². The number of nitrogens with one attached hydrogen (secondary N) is 1. The molecule has 1 amide bonds. The van der Waals surface area contributed by atoms with E-state index in [9.17, 15) is 4.79 Å². The number of nitrogens with zero attached hydrogens (tertiary/aromatic N) is 1. The van der Waals surface area contributed by atoms with E-state index in [0.717, 1.165) is 59.3 Å². The number of alkyl halides is 1. The van der Waals surface area contributed by atoms with Crippen LogP contribution in [0.25, 0.3) is 11.1 Å². The molecule has 106 valence electrons. The highest BCUT2D eigenvalue weighted by molar-refractivity contribution is 6.29. The van der Waals surface area contributed by atoms with Crippen LogP contribution in [0.1, 0.15) is 35.4 Å². The molecule has 0 aromatic carbocycles. The normalized spacial score (nSPS) is 14.3. The van der Waals surface area contributed by atoms with Crippen LogP contribution in [-0.2, 0) is 17.6 Å². The summed E-state index contributed by atoms with van der Waals surface area (Å²) in [4.78, 5) is 16.4. The van der Waals surface area contributed by atoms with Gasteiger partial charge in [0.05, 0.1) is 11.1 Å². The molecule has 3 rings (SSSR count). The van der Waals surface area contributed by atoms with Gasteiger partial charge in [0.15, 0.2) is 0 Å². The average Bonchev–Trinajstić information content (AvgIpc) is 2.73. The first kappa shape index (κ1) is 13.4. The maximum absolute atomic E-state index is 11.7. The number of hydrogen-bond acceptors (Lipinski definition) is 3. The molecule has 0 fully saturated rings. The number of carbonyl (C=O) groups is 1. The number of pyridine rings is 1. The topological polar surface area (TPSA) is 55.1 Å². The van der Waals surface area contributed by atoms with E-state index in [1.807, 2.05) is 13.8 Å². The number of hydrogen-bond donors (Lipinski definition) is 1. The monoisotopic (exact) mass is 292 g/mol. The fourth-order valence-corrected chi connectivity index (χ4v) is 2.92. The van der Waals surface area contributed by atoms with E-state index in [2.05, 4.69) is 10.3 Å². The summed E-state index contributed by atoms with van der Waals surface area (Å²) < 4.78 is 5.73. The van der Waals surface area contributed by atoms with Crippen LogP contribution in [-0.4, -0.2) is 16.8 Å². The second-order valence-electron chi connectivity index (χ2n) is 5.26. The van der Waals surface area contributed by atoms with Gasteiger partial charge in [0, 0.05) is 11.3 Å². The van der Waals surface area contributed by atoms with Gasteiger partial charge in [0.2, 0.25) is 11.6 Å². The molecule has 1 N–H and O–H groups in total. The Morgan fingerprint density at radius 2 is 2.10 bits per heavy atom. The predicted octanol–water partition coefficient (Wildman–Crippen LogP) is 3.50. The number of carbonyl (C=O) groups excluding carboxylic acids is 1. The predicted molar refractivity (Wildman–Crippen MR) is 79.5 cm³/mol. The first-order valence-electron chi connectivity index (χ1n) is 6.89. The first-order valence-corrected chi connectivity index (χ1v) is 7.42. The van der Waals surface area contributed by atoms with Crippen molar-refractivity contribution in [3.63, 3.8) is 0 Å². The van der Waals surface area contributed by atoms with E-state index in [-0.39, 0.29) is 11.8 Å². The molecule has 2 heterocycles. The third-order valence-electron chi connectivity index (χ3n) is 3.98. The fourth-order valence-electron chi connectivity index (χ4n) is 2.85. The number of aromatic nitrogens is 1. The highest BCUT2D eigenvalue weighted by Gasteiger charge is 2.23. The summed E-state index contributed by atoms with van der Waals surface area (Å²) in [6.45, 7) is 3.91. The van der Waals surface area contributed by atoms with Crippen molar-refractivity contribution in [2.75, 3.05) is 11.2 Å².